The van der Waals surface area contributed by atoms with Crippen LogP contribution in [0.2, 0.25) is 0 Å². The van der Waals surface area contributed by atoms with Crippen molar-refractivity contribution in [3.63, 3.8) is 0 Å². The highest BCUT2D eigenvalue weighted by molar-refractivity contribution is 6.23. The van der Waals surface area contributed by atoms with E-state index in [-0.39, 0.29) is 6.04 Å². The molecule has 4 aliphatic heterocycles. The van der Waals surface area contributed by atoms with E-state index >= 15 is 0 Å². The molecule has 0 aliphatic carbocycles. The number of aliphatic imine (C=N–C) groups is 2. The molecular formula is C28H30N4. The number of hydrogen-bond donors (Lipinski definition) is 2. The predicted molar refractivity (Wildman–Crippen MR) is 135 cm³/mol. The van der Waals surface area contributed by atoms with E-state index in [4.69, 9.17) is 9.98 Å². The van der Waals surface area contributed by atoms with Gasteiger partial charge in [0.2, 0.25) is 0 Å². The second-order valence-electron chi connectivity index (χ2n) is 9.04. The van der Waals surface area contributed by atoms with Crippen molar-refractivity contribution in [2.24, 2.45) is 15.9 Å². The van der Waals surface area contributed by atoms with E-state index in [2.05, 4.69) is 87.9 Å². The SMILES string of the molecule is C=CC1=C2C=C3N=C(C=c4[nH]c(cc4C)=CC4=NC(=CC(N2)C1C)C(C)=C4)C(CC)=C3C. The van der Waals surface area contributed by atoms with Crippen LogP contribution in [0.15, 0.2) is 86.3 Å². The van der Waals surface area contributed by atoms with Gasteiger partial charge in [0, 0.05) is 22.3 Å². The maximum atomic E-state index is 5.05. The van der Waals surface area contributed by atoms with Gasteiger partial charge < -0.3 is 10.3 Å². The van der Waals surface area contributed by atoms with Gasteiger partial charge in [0.05, 0.1) is 28.9 Å². The van der Waals surface area contributed by atoms with E-state index in [1.807, 2.05) is 6.08 Å². The average molecular weight is 423 g/mol. The van der Waals surface area contributed by atoms with Crippen molar-refractivity contribution < 1.29 is 0 Å². The highest BCUT2D eigenvalue weighted by Crippen LogP contribution is 2.34. The third kappa shape index (κ3) is 3.31. The summed E-state index contributed by atoms with van der Waals surface area (Å²) in [6.07, 6.45) is 13.8. The zero-order chi connectivity index (χ0) is 22.6. The summed E-state index contributed by atoms with van der Waals surface area (Å²) in [6, 6.07) is 2.34. The monoisotopic (exact) mass is 422 g/mol. The van der Waals surface area contributed by atoms with Crippen molar-refractivity contribution in [3.8, 4) is 0 Å². The number of fused-ring (bicyclic) bond motifs is 6. The number of nitrogens with one attached hydrogen (secondary N) is 2. The summed E-state index contributed by atoms with van der Waals surface area (Å²) < 4.78 is 0. The maximum Gasteiger partial charge on any atom is 0.0693 e. The predicted octanol–water partition coefficient (Wildman–Crippen LogP) is 4.30. The van der Waals surface area contributed by atoms with Gasteiger partial charge in [-0.2, -0.15) is 0 Å². The van der Waals surface area contributed by atoms with Crippen LogP contribution in [0.1, 0.15) is 39.7 Å². The Morgan fingerprint density at radius 2 is 1.88 bits per heavy atom. The van der Waals surface area contributed by atoms with Crippen LogP contribution in [0.25, 0.3) is 12.2 Å². The van der Waals surface area contributed by atoms with Gasteiger partial charge >= 0.3 is 0 Å². The molecule has 2 unspecified atom stereocenters. The largest absolute Gasteiger partial charge is 0.378 e. The standard InChI is InChI=1S/C28H30N4/c1-7-21-18(6)26-14-28-22(8-2)17(5)25(31-28)12-23-15(3)9-19(29-23)11-20-10-16(4)24(30-20)13-27(21)32-26/h8-14,17,25,30-31H,2,7H2,1,3-6H3. The number of hydrogen-bond acceptors (Lipinski definition) is 3. The fraction of sp³-hybridized carbons (Fsp3) is 0.286. The van der Waals surface area contributed by atoms with E-state index in [0.717, 1.165) is 45.6 Å². The minimum absolute atomic E-state index is 0.162. The highest BCUT2D eigenvalue weighted by Gasteiger charge is 2.29. The zero-order valence-electron chi connectivity index (χ0n) is 19.5. The lowest BCUT2D eigenvalue weighted by molar-refractivity contribution is 0.588. The fourth-order valence-corrected chi connectivity index (χ4v) is 5.00. The highest BCUT2D eigenvalue weighted by atomic mass is 15.0. The molecule has 0 radical (unpaired) electrons. The van der Waals surface area contributed by atoms with E-state index in [1.165, 1.54) is 27.9 Å². The molecule has 0 saturated heterocycles. The molecule has 4 nitrogen and oxygen atoms in total. The van der Waals surface area contributed by atoms with Gasteiger partial charge in [-0.15, -0.1) is 0 Å². The summed E-state index contributed by atoms with van der Waals surface area (Å²) in [5.74, 6) is 0.304. The lowest BCUT2D eigenvalue weighted by Crippen LogP contribution is -2.25. The Balaban J connectivity index is 1.78. The Labute approximate surface area is 189 Å². The van der Waals surface area contributed by atoms with Gasteiger partial charge in [-0.25, -0.2) is 9.98 Å². The van der Waals surface area contributed by atoms with Crippen LogP contribution >= 0.6 is 0 Å². The van der Waals surface area contributed by atoms with E-state index in [0.29, 0.717) is 5.92 Å². The lowest BCUT2D eigenvalue weighted by Gasteiger charge is -2.14. The molecule has 0 amide bonds. The second-order valence-corrected chi connectivity index (χ2v) is 9.04. The summed E-state index contributed by atoms with van der Waals surface area (Å²) in [6.45, 7) is 15.0. The number of nitrogens with zero attached hydrogens (tertiary/aromatic N) is 2. The molecule has 4 aliphatic rings. The van der Waals surface area contributed by atoms with Crippen LogP contribution in [0, 0.1) is 12.8 Å². The molecule has 2 atom stereocenters. The summed E-state index contributed by atoms with van der Waals surface area (Å²) >= 11 is 0. The molecule has 2 N–H and O–H groups in total. The Morgan fingerprint density at radius 3 is 2.62 bits per heavy atom. The fourth-order valence-electron chi connectivity index (χ4n) is 5.00. The number of aryl methyl sites for hydroxylation is 1. The van der Waals surface area contributed by atoms with E-state index in [1.54, 1.807) is 0 Å². The van der Waals surface area contributed by atoms with Crippen molar-refractivity contribution in [3.05, 3.63) is 92.6 Å². The molecule has 0 aromatic carbocycles. The topological polar surface area (TPSA) is 52.5 Å². The van der Waals surface area contributed by atoms with Gasteiger partial charge in [-0.05, 0) is 91.5 Å². The average Bonchev–Trinajstić information content (AvgIpc) is 3.44. The molecule has 0 spiro atoms. The van der Waals surface area contributed by atoms with Crippen molar-refractivity contribution >= 4 is 23.6 Å². The normalized spacial score (nSPS) is 24.2. The Bertz CT molecular complexity index is 1380. The maximum absolute atomic E-state index is 5.05. The number of allylic oxidation sites excluding steroid dienone is 6. The quantitative estimate of drug-likeness (QED) is 0.734. The molecule has 162 valence electrons. The third-order valence-corrected chi connectivity index (χ3v) is 6.92. The van der Waals surface area contributed by atoms with Crippen molar-refractivity contribution in [1.29, 1.82) is 0 Å². The van der Waals surface area contributed by atoms with Crippen LogP contribution in [0.3, 0.4) is 0 Å². The van der Waals surface area contributed by atoms with Crippen molar-refractivity contribution in [1.82, 2.24) is 10.3 Å². The first-order valence-corrected chi connectivity index (χ1v) is 11.4. The number of H-pyrrole nitrogens is 1. The smallest absolute Gasteiger partial charge is 0.0693 e. The second kappa shape index (κ2) is 7.63. The molecule has 0 saturated carbocycles. The van der Waals surface area contributed by atoms with Crippen molar-refractivity contribution in [2.75, 3.05) is 0 Å². The van der Waals surface area contributed by atoms with Crippen LogP contribution in [0.5, 0.6) is 0 Å². The summed E-state index contributed by atoms with van der Waals surface area (Å²) in [5.41, 5.74) is 11.3. The van der Waals surface area contributed by atoms with E-state index in [9.17, 15) is 0 Å². The Kier molecular flexibility index (Phi) is 4.89. The molecule has 5 rings (SSSR count). The van der Waals surface area contributed by atoms with Crippen LogP contribution < -0.4 is 16.0 Å². The van der Waals surface area contributed by atoms with Gasteiger partial charge in [-0.3, -0.25) is 0 Å². The van der Waals surface area contributed by atoms with Crippen LogP contribution in [-0.4, -0.2) is 22.4 Å². The number of aromatic amines is 1. The summed E-state index contributed by atoms with van der Waals surface area (Å²) in [7, 11) is 0. The van der Waals surface area contributed by atoms with E-state index < -0.39 is 0 Å². The Morgan fingerprint density at radius 1 is 1.06 bits per heavy atom. The minimum atomic E-state index is 0.162. The molecule has 1 aromatic rings. The van der Waals surface area contributed by atoms with Crippen LogP contribution in [0.4, 0.5) is 0 Å². The molecule has 1 aromatic heterocycles. The van der Waals surface area contributed by atoms with Gasteiger partial charge in [0.25, 0.3) is 0 Å². The number of aromatic nitrogens is 1. The Hall–Kier alpha value is -3.40. The zero-order valence-corrected chi connectivity index (χ0v) is 19.5. The van der Waals surface area contributed by atoms with Gasteiger partial charge in [0.15, 0.2) is 0 Å². The summed E-state index contributed by atoms with van der Waals surface area (Å²) in [4.78, 5) is 13.5. The molecule has 5 heterocycles. The molecule has 4 heteroatoms. The van der Waals surface area contributed by atoms with Gasteiger partial charge in [-0.1, -0.05) is 26.5 Å². The van der Waals surface area contributed by atoms with Crippen LogP contribution in [-0.2, 0) is 0 Å². The first-order valence-electron chi connectivity index (χ1n) is 11.4. The molecular weight excluding hydrogens is 392 g/mol. The first kappa shape index (κ1) is 20.5. The number of rotatable bonds is 2. The molecule has 0 fully saturated rings. The molecule has 8 bridgehead atoms. The van der Waals surface area contributed by atoms with Gasteiger partial charge in [0.1, 0.15) is 0 Å². The lowest BCUT2D eigenvalue weighted by atomic mass is 9.95. The minimum Gasteiger partial charge on any atom is -0.378 e. The molecule has 32 heavy (non-hydrogen) atoms. The summed E-state index contributed by atoms with van der Waals surface area (Å²) in [5, 5.41) is 5.87. The third-order valence-electron chi connectivity index (χ3n) is 6.92. The van der Waals surface area contributed by atoms with Crippen molar-refractivity contribution in [2.45, 2.75) is 47.1 Å². The first-order chi connectivity index (χ1) is 15.4.